The number of rotatable bonds is 5. The molecule has 0 saturated carbocycles. The fourth-order valence-corrected chi connectivity index (χ4v) is 3.77. The highest BCUT2D eigenvalue weighted by Gasteiger charge is 2.55. The molecule has 2 aromatic carbocycles. The van der Waals surface area contributed by atoms with Crippen molar-refractivity contribution in [1.82, 2.24) is 15.1 Å². The first-order valence-corrected chi connectivity index (χ1v) is 9.71. The molecule has 11 heteroatoms. The molecule has 1 aromatic heterocycles. The highest BCUT2D eigenvalue weighted by Crippen LogP contribution is 2.33. The molecule has 1 fully saturated rings. The fraction of sp³-hybridized carbons (Fsp3) is 0.200. The number of carbonyl (C=O) groups excluding carboxylic acids is 2. The summed E-state index contributed by atoms with van der Waals surface area (Å²) in [5.74, 6) is 0.305. The number of ether oxygens (including phenoxy) is 1. The molecule has 31 heavy (non-hydrogen) atoms. The molecule has 0 bridgehead atoms. The van der Waals surface area contributed by atoms with E-state index in [1.54, 1.807) is 49.6 Å². The Labute approximate surface area is 181 Å². The predicted octanol–water partition coefficient (Wildman–Crippen LogP) is 2.89. The summed E-state index contributed by atoms with van der Waals surface area (Å²) in [5, 5.41) is 13.8. The molecular weight excluding hydrogens is 424 g/mol. The van der Waals surface area contributed by atoms with Crippen molar-refractivity contribution < 1.29 is 18.8 Å². The molecule has 10 nitrogen and oxygen atoms in total. The predicted molar refractivity (Wildman–Crippen MR) is 108 cm³/mol. The van der Waals surface area contributed by atoms with Gasteiger partial charge in [-0.2, -0.15) is 10.1 Å². The van der Waals surface area contributed by atoms with Crippen LogP contribution in [0.25, 0.3) is 11.4 Å². The van der Waals surface area contributed by atoms with Gasteiger partial charge in [-0.1, -0.05) is 34.1 Å². The van der Waals surface area contributed by atoms with E-state index in [4.69, 9.17) is 20.9 Å². The first-order chi connectivity index (χ1) is 15.1. The van der Waals surface area contributed by atoms with Crippen molar-refractivity contribution in [3.8, 4) is 17.1 Å². The maximum absolute atomic E-state index is 13.1. The minimum Gasteiger partial charge on any atom is -0.497 e. The van der Waals surface area contributed by atoms with Crippen LogP contribution < -0.4 is 9.64 Å². The number of benzene rings is 2. The maximum Gasteiger partial charge on any atom is 0.263 e. The summed E-state index contributed by atoms with van der Waals surface area (Å²) >= 11 is 6.18. The topological polar surface area (TPSA) is 113 Å². The Morgan fingerprint density at radius 1 is 1.10 bits per heavy atom. The third-order valence-electron chi connectivity index (χ3n) is 5.07. The number of imide groups is 1. The fourth-order valence-electron chi connectivity index (χ4n) is 3.55. The van der Waals surface area contributed by atoms with Gasteiger partial charge in [-0.05, 0) is 36.4 Å². The van der Waals surface area contributed by atoms with Crippen molar-refractivity contribution in [2.45, 2.75) is 18.6 Å². The highest BCUT2D eigenvalue weighted by molar-refractivity contribution is 6.33. The second-order valence-corrected chi connectivity index (χ2v) is 7.30. The van der Waals surface area contributed by atoms with Crippen LogP contribution in [0.5, 0.6) is 5.75 Å². The molecule has 3 aromatic rings. The summed E-state index contributed by atoms with van der Waals surface area (Å²) in [4.78, 5) is 31.3. The van der Waals surface area contributed by atoms with Gasteiger partial charge in [0.05, 0.1) is 17.8 Å². The van der Waals surface area contributed by atoms with E-state index in [0.717, 1.165) is 4.90 Å². The van der Waals surface area contributed by atoms with E-state index in [1.165, 1.54) is 5.01 Å². The Hall–Kier alpha value is -3.79. The third kappa shape index (κ3) is 3.21. The van der Waals surface area contributed by atoms with Gasteiger partial charge in [-0.15, -0.1) is 0 Å². The monoisotopic (exact) mass is 438 g/mol. The molecular formula is C20H15ClN6O4. The van der Waals surface area contributed by atoms with Crippen molar-refractivity contribution in [2.75, 3.05) is 12.0 Å². The van der Waals surface area contributed by atoms with Crippen LogP contribution in [0.3, 0.4) is 0 Å². The Morgan fingerprint density at radius 3 is 2.61 bits per heavy atom. The average molecular weight is 439 g/mol. The average Bonchev–Trinajstić information content (AvgIpc) is 3.47. The van der Waals surface area contributed by atoms with Crippen molar-refractivity contribution >= 4 is 29.1 Å². The molecule has 3 heterocycles. The molecule has 156 valence electrons. The van der Waals surface area contributed by atoms with Crippen LogP contribution in [0.1, 0.15) is 5.89 Å². The van der Waals surface area contributed by atoms with E-state index in [1.807, 2.05) is 6.07 Å². The molecule has 1 saturated heterocycles. The van der Waals surface area contributed by atoms with E-state index in [0.29, 0.717) is 27.8 Å². The number of carbonyl (C=O) groups is 2. The zero-order valence-corrected chi connectivity index (χ0v) is 16.9. The van der Waals surface area contributed by atoms with Gasteiger partial charge in [-0.3, -0.25) is 14.6 Å². The van der Waals surface area contributed by atoms with Crippen LogP contribution in [0, 0.1) is 0 Å². The number of halogens is 1. The van der Waals surface area contributed by atoms with Gasteiger partial charge in [0.1, 0.15) is 12.3 Å². The lowest BCUT2D eigenvalue weighted by Gasteiger charge is -2.19. The van der Waals surface area contributed by atoms with E-state index in [-0.39, 0.29) is 12.4 Å². The van der Waals surface area contributed by atoms with Gasteiger partial charge in [0.25, 0.3) is 11.8 Å². The summed E-state index contributed by atoms with van der Waals surface area (Å²) in [5.41, 5.74) is 1.07. The maximum atomic E-state index is 13.1. The minimum atomic E-state index is -0.916. The van der Waals surface area contributed by atoms with Crippen LogP contribution in [0.4, 0.5) is 5.69 Å². The first kappa shape index (κ1) is 19.2. The lowest BCUT2D eigenvalue weighted by molar-refractivity contribution is -0.123. The molecule has 0 aliphatic carbocycles. The van der Waals surface area contributed by atoms with Gasteiger partial charge < -0.3 is 9.26 Å². The van der Waals surface area contributed by atoms with Crippen molar-refractivity contribution in [3.05, 3.63) is 59.4 Å². The van der Waals surface area contributed by atoms with Crippen LogP contribution >= 0.6 is 11.6 Å². The van der Waals surface area contributed by atoms with Gasteiger partial charge in [0.15, 0.2) is 12.1 Å². The van der Waals surface area contributed by atoms with Gasteiger partial charge in [-0.25, -0.2) is 4.90 Å². The molecule has 2 aliphatic heterocycles. The van der Waals surface area contributed by atoms with Crippen molar-refractivity contribution in [3.63, 3.8) is 0 Å². The van der Waals surface area contributed by atoms with E-state index in [9.17, 15) is 9.59 Å². The number of hydrogen-bond donors (Lipinski definition) is 0. The quantitative estimate of drug-likeness (QED) is 0.562. The summed E-state index contributed by atoms with van der Waals surface area (Å²) in [7, 11) is 1.54. The Morgan fingerprint density at radius 2 is 1.87 bits per heavy atom. The zero-order chi connectivity index (χ0) is 21.5. The SMILES string of the molecule is COc1ccc(N2C(=O)[C@H]3N=NN(Cc4nc(-c5ccccc5Cl)no4)[C@@H]3C2=O)cc1. The molecule has 0 N–H and O–H groups in total. The number of fused-ring (bicyclic) bond motifs is 1. The number of anilines is 1. The molecule has 0 spiro atoms. The lowest BCUT2D eigenvalue weighted by Crippen LogP contribution is -2.39. The third-order valence-corrected chi connectivity index (χ3v) is 5.40. The number of hydrogen-bond acceptors (Lipinski definition) is 9. The van der Waals surface area contributed by atoms with Crippen molar-refractivity contribution in [2.24, 2.45) is 10.3 Å². The Kier molecular flexibility index (Phi) is 4.63. The normalized spacial score (nSPS) is 19.9. The van der Waals surface area contributed by atoms with E-state index < -0.39 is 23.9 Å². The van der Waals surface area contributed by atoms with E-state index in [2.05, 4.69) is 20.5 Å². The molecule has 0 radical (unpaired) electrons. The number of aromatic nitrogens is 2. The number of nitrogens with zero attached hydrogens (tertiary/aromatic N) is 6. The zero-order valence-electron chi connectivity index (χ0n) is 16.2. The van der Waals surface area contributed by atoms with Gasteiger partial charge in [0.2, 0.25) is 11.7 Å². The lowest BCUT2D eigenvalue weighted by atomic mass is 10.1. The van der Waals surface area contributed by atoms with E-state index >= 15 is 0 Å². The highest BCUT2D eigenvalue weighted by atomic mass is 35.5. The summed E-state index contributed by atoms with van der Waals surface area (Å²) in [6, 6.07) is 12.0. The largest absolute Gasteiger partial charge is 0.497 e. The van der Waals surface area contributed by atoms with Crippen LogP contribution in [-0.2, 0) is 16.1 Å². The molecule has 2 aliphatic rings. The summed E-state index contributed by atoms with van der Waals surface area (Å²) in [6.07, 6.45) is 0. The number of methoxy groups -OCH3 is 1. The van der Waals surface area contributed by atoms with Crippen molar-refractivity contribution in [1.29, 1.82) is 0 Å². The smallest absolute Gasteiger partial charge is 0.263 e. The van der Waals surface area contributed by atoms with Crippen LogP contribution in [-0.4, -0.2) is 46.2 Å². The summed E-state index contributed by atoms with van der Waals surface area (Å²) < 4.78 is 10.4. The minimum absolute atomic E-state index is 0.0254. The first-order valence-electron chi connectivity index (χ1n) is 9.33. The Balaban J connectivity index is 1.36. The van der Waals surface area contributed by atoms with Crippen LogP contribution in [0.2, 0.25) is 5.02 Å². The molecule has 2 atom stereocenters. The van der Waals surface area contributed by atoms with Crippen LogP contribution in [0.15, 0.2) is 63.4 Å². The Bertz CT molecular complexity index is 1190. The summed E-state index contributed by atoms with van der Waals surface area (Å²) in [6.45, 7) is 0.0254. The van der Waals surface area contributed by atoms with Gasteiger partial charge in [0, 0.05) is 5.56 Å². The molecule has 2 amide bonds. The molecule has 0 unspecified atom stereocenters. The second kappa shape index (κ2) is 7.47. The second-order valence-electron chi connectivity index (χ2n) is 6.89. The standard InChI is InChI=1S/C20H15ClN6O4/c1-30-12-8-6-11(7-9-12)27-19(28)16-17(20(27)29)26(25-23-16)10-15-22-18(24-31-15)13-4-2-3-5-14(13)21/h2-9,16-17H,10H2,1H3/t16-,17-/m0/s1. The van der Waals surface area contributed by atoms with Gasteiger partial charge >= 0.3 is 0 Å². The molecule has 5 rings (SSSR count). The number of amides is 2.